The molecule has 2 N–H and O–H groups in total. The molecule has 0 saturated carbocycles. The first-order valence-corrected chi connectivity index (χ1v) is 4.70. The van der Waals surface area contributed by atoms with Gasteiger partial charge in [0.05, 0.1) is 7.11 Å². The van der Waals surface area contributed by atoms with Crippen LogP contribution in [-0.4, -0.2) is 25.0 Å². The lowest BCUT2D eigenvalue weighted by atomic mass is 9.92. The highest BCUT2D eigenvalue weighted by Gasteiger charge is 2.44. The molecule has 1 aromatic carbocycles. The van der Waals surface area contributed by atoms with Crippen molar-refractivity contribution in [3.8, 4) is 0 Å². The van der Waals surface area contributed by atoms with Crippen molar-refractivity contribution >= 4 is 18.4 Å². The third-order valence-corrected chi connectivity index (χ3v) is 2.29. The molecule has 96 valence electrons. The van der Waals surface area contributed by atoms with Crippen LogP contribution in [-0.2, 0) is 16.0 Å². The van der Waals surface area contributed by atoms with E-state index in [-0.39, 0.29) is 18.8 Å². The van der Waals surface area contributed by atoms with Crippen molar-refractivity contribution in [2.45, 2.75) is 18.4 Å². The zero-order chi connectivity index (χ0) is 12.2. The van der Waals surface area contributed by atoms with Gasteiger partial charge in [-0.05, 0) is 5.56 Å². The number of halogens is 3. The fraction of sp³-hybridized carbons (Fsp3) is 0.364. The Kier molecular flexibility index (Phi) is 6.05. The molecule has 1 rings (SSSR count). The standard InChI is InChI=1S/C11H13F2NO2.ClH/c1-16-10(15)11(14,9(12)13)7-8-5-3-2-4-6-8;/h2-6,9H,7,14H2,1H3;1H/t11-;/m1./s1. The molecule has 0 aliphatic heterocycles. The van der Waals surface area contributed by atoms with Crippen molar-refractivity contribution in [1.82, 2.24) is 0 Å². The largest absolute Gasteiger partial charge is 0.467 e. The van der Waals surface area contributed by atoms with Crippen LogP contribution in [0.5, 0.6) is 0 Å². The molecule has 1 aromatic rings. The van der Waals surface area contributed by atoms with Crippen molar-refractivity contribution in [3.05, 3.63) is 35.9 Å². The summed E-state index contributed by atoms with van der Waals surface area (Å²) in [5.74, 6) is -1.11. The molecule has 0 unspecified atom stereocenters. The van der Waals surface area contributed by atoms with Crippen LogP contribution in [0.3, 0.4) is 0 Å². The maximum absolute atomic E-state index is 12.8. The highest BCUT2D eigenvalue weighted by Crippen LogP contribution is 2.20. The monoisotopic (exact) mass is 265 g/mol. The van der Waals surface area contributed by atoms with Gasteiger partial charge in [0, 0.05) is 6.42 Å². The van der Waals surface area contributed by atoms with Crippen molar-refractivity contribution < 1.29 is 18.3 Å². The van der Waals surface area contributed by atoms with Gasteiger partial charge in [0.2, 0.25) is 0 Å². The van der Waals surface area contributed by atoms with Crippen molar-refractivity contribution in [3.63, 3.8) is 0 Å². The van der Waals surface area contributed by atoms with Crippen LogP contribution in [0.4, 0.5) is 8.78 Å². The second kappa shape index (κ2) is 6.51. The molecule has 0 spiro atoms. The molecular formula is C11H14ClF2NO2. The minimum Gasteiger partial charge on any atom is -0.467 e. The molecule has 0 radical (unpaired) electrons. The summed E-state index contributed by atoms with van der Waals surface area (Å²) in [6.45, 7) is 0. The number of methoxy groups -OCH3 is 1. The molecule has 0 fully saturated rings. The number of ether oxygens (including phenoxy) is 1. The third-order valence-electron chi connectivity index (χ3n) is 2.29. The summed E-state index contributed by atoms with van der Waals surface area (Å²) in [4.78, 5) is 11.3. The molecule has 0 bridgehead atoms. The summed E-state index contributed by atoms with van der Waals surface area (Å²) in [6.07, 6.45) is -3.22. The molecule has 0 saturated heterocycles. The maximum Gasteiger partial charge on any atom is 0.332 e. The number of hydrogen-bond donors (Lipinski definition) is 1. The molecule has 1 atom stereocenters. The minimum atomic E-state index is -2.97. The predicted molar refractivity (Wildman–Crippen MR) is 62.3 cm³/mol. The summed E-state index contributed by atoms with van der Waals surface area (Å²) in [6, 6.07) is 8.40. The van der Waals surface area contributed by atoms with E-state index < -0.39 is 17.9 Å². The highest BCUT2D eigenvalue weighted by molar-refractivity contribution is 5.85. The van der Waals surface area contributed by atoms with Gasteiger partial charge in [0.15, 0.2) is 5.54 Å². The van der Waals surface area contributed by atoms with Gasteiger partial charge in [-0.25, -0.2) is 13.6 Å². The molecule has 17 heavy (non-hydrogen) atoms. The van der Waals surface area contributed by atoms with E-state index in [1.165, 1.54) is 0 Å². The quantitative estimate of drug-likeness (QED) is 0.845. The van der Waals surface area contributed by atoms with E-state index in [2.05, 4.69) is 4.74 Å². The fourth-order valence-electron chi connectivity index (χ4n) is 1.36. The van der Waals surface area contributed by atoms with Gasteiger partial charge in [-0.3, -0.25) is 0 Å². The number of alkyl halides is 2. The van der Waals surface area contributed by atoms with Crippen LogP contribution in [0.2, 0.25) is 0 Å². The first kappa shape index (κ1) is 15.8. The Morgan fingerprint density at radius 2 is 1.94 bits per heavy atom. The smallest absolute Gasteiger partial charge is 0.332 e. The van der Waals surface area contributed by atoms with Gasteiger partial charge in [0.1, 0.15) is 0 Å². The Morgan fingerprint density at radius 1 is 1.41 bits per heavy atom. The van der Waals surface area contributed by atoms with Crippen LogP contribution >= 0.6 is 12.4 Å². The zero-order valence-electron chi connectivity index (χ0n) is 9.23. The summed E-state index contributed by atoms with van der Waals surface area (Å²) in [5.41, 5.74) is 3.69. The molecule has 6 heteroatoms. The molecule has 0 heterocycles. The second-order valence-electron chi connectivity index (χ2n) is 3.50. The maximum atomic E-state index is 12.8. The highest BCUT2D eigenvalue weighted by atomic mass is 35.5. The van der Waals surface area contributed by atoms with E-state index in [1.807, 2.05) is 0 Å². The zero-order valence-corrected chi connectivity index (χ0v) is 10.0. The molecule has 0 aromatic heterocycles. The number of benzene rings is 1. The first-order valence-electron chi connectivity index (χ1n) is 4.70. The van der Waals surface area contributed by atoms with Gasteiger partial charge in [-0.2, -0.15) is 0 Å². The number of nitrogens with two attached hydrogens (primary N) is 1. The van der Waals surface area contributed by atoms with E-state index in [1.54, 1.807) is 30.3 Å². The minimum absolute atomic E-state index is 0. The number of hydrogen-bond acceptors (Lipinski definition) is 3. The average molecular weight is 266 g/mol. The summed E-state index contributed by atoms with van der Waals surface area (Å²) < 4.78 is 29.9. The Balaban J connectivity index is 0.00000256. The van der Waals surface area contributed by atoms with E-state index >= 15 is 0 Å². The molecular weight excluding hydrogens is 252 g/mol. The number of rotatable bonds is 4. The first-order chi connectivity index (χ1) is 7.50. The lowest BCUT2D eigenvalue weighted by molar-refractivity contribution is -0.153. The van der Waals surface area contributed by atoms with E-state index in [0.29, 0.717) is 5.56 Å². The van der Waals surface area contributed by atoms with Crippen LogP contribution in [0.15, 0.2) is 30.3 Å². The second-order valence-corrected chi connectivity index (χ2v) is 3.50. The van der Waals surface area contributed by atoms with Gasteiger partial charge in [-0.15, -0.1) is 12.4 Å². The van der Waals surface area contributed by atoms with Gasteiger partial charge in [-0.1, -0.05) is 30.3 Å². The van der Waals surface area contributed by atoms with Crippen molar-refractivity contribution in [1.29, 1.82) is 0 Å². The Labute approximate surface area is 104 Å². The van der Waals surface area contributed by atoms with E-state index in [0.717, 1.165) is 7.11 Å². The number of carbonyl (C=O) groups is 1. The van der Waals surface area contributed by atoms with E-state index in [9.17, 15) is 13.6 Å². The Morgan fingerprint density at radius 3 is 2.35 bits per heavy atom. The molecule has 3 nitrogen and oxygen atoms in total. The fourth-order valence-corrected chi connectivity index (χ4v) is 1.36. The van der Waals surface area contributed by atoms with Crippen LogP contribution in [0.1, 0.15) is 5.56 Å². The summed E-state index contributed by atoms with van der Waals surface area (Å²) in [5, 5.41) is 0. The lowest BCUT2D eigenvalue weighted by Crippen LogP contribution is -2.56. The van der Waals surface area contributed by atoms with Crippen molar-refractivity contribution in [2.75, 3.05) is 7.11 Å². The number of carbonyl (C=O) groups excluding carboxylic acids is 1. The number of esters is 1. The SMILES string of the molecule is COC(=O)[C@@](N)(Cc1ccccc1)C(F)F.Cl. The van der Waals surface area contributed by atoms with Gasteiger partial charge in [0.25, 0.3) is 6.43 Å². The molecule has 0 aliphatic rings. The van der Waals surface area contributed by atoms with Crippen molar-refractivity contribution in [2.24, 2.45) is 5.73 Å². The van der Waals surface area contributed by atoms with Gasteiger partial charge < -0.3 is 10.5 Å². The Hall–Kier alpha value is -1.20. The van der Waals surface area contributed by atoms with Crippen LogP contribution < -0.4 is 5.73 Å². The van der Waals surface area contributed by atoms with E-state index in [4.69, 9.17) is 5.73 Å². The molecule has 0 amide bonds. The topological polar surface area (TPSA) is 52.3 Å². The normalized spacial score (nSPS) is 13.7. The lowest BCUT2D eigenvalue weighted by Gasteiger charge is -2.25. The average Bonchev–Trinajstić information content (AvgIpc) is 2.28. The van der Waals surface area contributed by atoms with Crippen LogP contribution in [0.25, 0.3) is 0 Å². The van der Waals surface area contributed by atoms with Crippen LogP contribution in [0, 0.1) is 0 Å². The third kappa shape index (κ3) is 3.64. The van der Waals surface area contributed by atoms with Gasteiger partial charge >= 0.3 is 5.97 Å². The predicted octanol–water partition coefficient (Wildman–Crippen LogP) is 1.79. The summed E-state index contributed by atoms with van der Waals surface area (Å²) in [7, 11) is 1.04. The summed E-state index contributed by atoms with van der Waals surface area (Å²) >= 11 is 0. The Bertz CT molecular complexity index is 362. The molecule has 0 aliphatic carbocycles.